The SMILES string of the molecule is O=C(O)C(=O)C1OO1. The van der Waals surface area contributed by atoms with Crippen LogP contribution in [0.25, 0.3) is 0 Å². The molecule has 0 saturated carbocycles. The summed E-state index contributed by atoms with van der Waals surface area (Å²) in [7, 11) is 0. The third kappa shape index (κ3) is 0.824. The number of carbonyl (C=O) groups is 2. The van der Waals surface area contributed by atoms with Gasteiger partial charge < -0.3 is 5.11 Å². The number of aliphatic carboxylic acids is 1. The van der Waals surface area contributed by atoms with Crippen LogP contribution in [0.15, 0.2) is 0 Å². The summed E-state index contributed by atoms with van der Waals surface area (Å²) in [6, 6.07) is 0. The zero-order valence-corrected chi connectivity index (χ0v) is 3.66. The molecule has 0 atom stereocenters. The number of carboxylic acid groups (broad SMARTS) is 1. The second kappa shape index (κ2) is 1.53. The van der Waals surface area contributed by atoms with Gasteiger partial charge >= 0.3 is 11.8 Å². The Labute approximate surface area is 43.7 Å². The van der Waals surface area contributed by atoms with E-state index < -0.39 is 18.0 Å². The largest absolute Gasteiger partial charge is 0.475 e. The second-order valence-corrected chi connectivity index (χ2v) is 1.19. The lowest BCUT2D eigenvalue weighted by Crippen LogP contribution is -2.17. The van der Waals surface area contributed by atoms with Gasteiger partial charge in [-0.05, 0) is 0 Å². The normalized spacial score (nSPS) is 18.0. The van der Waals surface area contributed by atoms with Crippen LogP contribution in [-0.2, 0) is 19.4 Å². The minimum atomic E-state index is -1.53. The lowest BCUT2D eigenvalue weighted by Gasteiger charge is -1.77. The fourth-order valence-electron chi connectivity index (χ4n) is 0.216. The van der Waals surface area contributed by atoms with Crippen LogP contribution in [0.2, 0.25) is 0 Å². The lowest BCUT2D eigenvalue weighted by molar-refractivity contribution is -0.149. The molecule has 1 fully saturated rings. The maximum absolute atomic E-state index is 10.1. The number of Topliss-reactive ketones (excluding diaryl/α,β-unsaturated/α-hetero) is 1. The van der Waals surface area contributed by atoms with Gasteiger partial charge in [0.05, 0.1) is 0 Å². The summed E-state index contributed by atoms with van der Waals surface area (Å²) in [6.07, 6.45) is -1.15. The fraction of sp³-hybridized carbons (Fsp3) is 0.333. The first-order valence-electron chi connectivity index (χ1n) is 1.81. The molecule has 5 heteroatoms. The molecule has 0 radical (unpaired) electrons. The number of rotatable bonds is 2. The van der Waals surface area contributed by atoms with Crippen LogP contribution >= 0.6 is 0 Å². The highest BCUT2D eigenvalue weighted by Gasteiger charge is 2.39. The number of hydrogen-bond donors (Lipinski definition) is 1. The predicted molar refractivity (Wildman–Crippen MR) is 18.6 cm³/mol. The van der Waals surface area contributed by atoms with Gasteiger partial charge in [-0.1, -0.05) is 0 Å². The van der Waals surface area contributed by atoms with Crippen molar-refractivity contribution in [3.05, 3.63) is 0 Å². The van der Waals surface area contributed by atoms with E-state index in [1.165, 1.54) is 0 Å². The zero-order valence-electron chi connectivity index (χ0n) is 3.66. The average molecular weight is 118 g/mol. The van der Waals surface area contributed by atoms with Crippen LogP contribution in [0.3, 0.4) is 0 Å². The van der Waals surface area contributed by atoms with Gasteiger partial charge in [0.25, 0.3) is 6.29 Å². The van der Waals surface area contributed by atoms with Crippen molar-refractivity contribution in [3.63, 3.8) is 0 Å². The van der Waals surface area contributed by atoms with Crippen LogP contribution in [0.5, 0.6) is 0 Å². The maximum Gasteiger partial charge on any atom is 0.377 e. The van der Waals surface area contributed by atoms with E-state index >= 15 is 0 Å². The lowest BCUT2D eigenvalue weighted by atomic mass is 10.4. The molecular weight excluding hydrogens is 116 g/mol. The third-order valence-corrected chi connectivity index (χ3v) is 0.617. The molecule has 0 amide bonds. The molecule has 1 saturated heterocycles. The minimum absolute atomic E-state index is 1.06. The molecule has 1 aliphatic heterocycles. The second-order valence-electron chi connectivity index (χ2n) is 1.19. The van der Waals surface area contributed by atoms with Gasteiger partial charge in [0, 0.05) is 0 Å². The Balaban J connectivity index is 2.45. The summed E-state index contributed by atoms with van der Waals surface area (Å²) in [5.41, 5.74) is 0. The van der Waals surface area contributed by atoms with Crippen molar-refractivity contribution in [3.8, 4) is 0 Å². The first-order valence-corrected chi connectivity index (χ1v) is 1.81. The van der Waals surface area contributed by atoms with Gasteiger partial charge in [-0.15, -0.1) is 0 Å². The van der Waals surface area contributed by atoms with Gasteiger partial charge in [-0.25, -0.2) is 4.79 Å². The van der Waals surface area contributed by atoms with Gasteiger partial charge in [-0.2, -0.15) is 9.78 Å². The van der Waals surface area contributed by atoms with Crippen LogP contribution in [0, 0.1) is 0 Å². The standard InChI is InChI=1S/C3H2O5/c4-1(2(5)6)3-7-8-3/h3H,(H,5,6). The van der Waals surface area contributed by atoms with Crippen LogP contribution < -0.4 is 0 Å². The Morgan fingerprint density at radius 2 is 1.88 bits per heavy atom. The van der Waals surface area contributed by atoms with E-state index in [0.29, 0.717) is 0 Å². The fourth-order valence-corrected chi connectivity index (χ4v) is 0.216. The average Bonchev–Trinajstić information content (AvgIpc) is 2.43. The Hall–Kier alpha value is -0.940. The molecule has 44 valence electrons. The van der Waals surface area contributed by atoms with E-state index in [1.807, 2.05) is 0 Å². The molecule has 1 aliphatic rings. The number of carboxylic acids is 1. The van der Waals surface area contributed by atoms with Crippen molar-refractivity contribution in [1.29, 1.82) is 0 Å². The first-order chi connectivity index (χ1) is 3.72. The molecule has 0 aromatic rings. The van der Waals surface area contributed by atoms with Crippen LogP contribution in [0.1, 0.15) is 0 Å². The summed E-state index contributed by atoms with van der Waals surface area (Å²) in [5, 5.41) is 7.88. The van der Waals surface area contributed by atoms with Crippen molar-refractivity contribution >= 4 is 11.8 Å². The van der Waals surface area contributed by atoms with Gasteiger partial charge in [-0.3, -0.25) is 4.79 Å². The molecule has 1 rings (SSSR count). The summed E-state index contributed by atoms with van der Waals surface area (Å²) in [6.45, 7) is 0. The topological polar surface area (TPSA) is 79.4 Å². The van der Waals surface area contributed by atoms with E-state index in [2.05, 4.69) is 9.78 Å². The van der Waals surface area contributed by atoms with Gasteiger partial charge in [0.1, 0.15) is 0 Å². The molecule has 0 aromatic heterocycles. The molecule has 0 spiro atoms. The highest BCUT2D eigenvalue weighted by Crippen LogP contribution is 2.12. The summed E-state index contributed by atoms with van der Waals surface area (Å²) in [5.74, 6) is -2.60. The Morgan fingerprint density at radius 3 is 2.00 bits per heavy atom. The van der Waals surface area contributed by atoms with Gasteiger partial charge in [0.15, 0.2) is 0 Å². The molecule has 0 unspecified atom stereocenters. The molecule has 5 nitrogen and oxygen atoms in total. The Kier molecular flexibility index (Phi) is 0.997. The van der Waals surface area contributed by atoms with E-state index in [4.69, 9.17) is 5.11 Å². The summed E-state index contributed by atoms with van der Waals surface area (Å²) in [4.78, 5) is 27.5. The molecule has 1 heterocycles. The quantitative estimate of drug-likeness (QED) is 0.283. The zero-order chi connectivity index (χ0) is 6.15. The molecule has 0 aliphatic carbocycles. The van der Waals surface area contributed by atoms with E-state index in [9.17, 15) is 9.59 Å². The molecule has 8 heavy (non-hydrogen) atoms. The number of ketones is 1. The molecule has 1 N–H and O–H groups in total. The van der Waals surface area contributed by atoms with Crippen LogP contribution in [0.4, 0.5) is 0 Å². The number of hydrogen-bond acceptors (Lipinski definition) is 4. The van der Waals surface area contributed by atoms with E-state index in [-0.39, 0.29) is 0 Å². The molecule has 0 bridgehead atoms. The molecule has 0 aromatic carbocycles. The Morgan fingerprint density at radius 1 is 1.38 bits per heavy atom. The third-order valence-electron chi connectivity index (χ3n) is 0.617. The van der Waals surface area contributed by atoms with Gasteiger partial charge in [0.2, 0.25) is 0 Å². The first kappa shape index (κ1) is 5.20. The minimum Gasteiger partial charge on any atom is -0.475 e. The van der Waals surface area contributed by atoms with Crippen molar-refractivity contribution in [1.82, 2.24) is 0 Å². The maximum atomic E-state index is 10.1. The highest BCUT2D eigenvalue weighted by molar-refractivity contribution is 6.34. The monoisotopic (exact) mass is 118 g/mol. The van der Waals surface area contributed by atoms with E-state index in [1.54, 1.807) is 0 Å². The van der Waals surface area contributed by atoms with Crippen molar-refractivity contribution in [2.45, 2.75) is 6.29 Å². The van der Waals surface area contributed by atoms with E-state index in [0.717, 1.165) is 0 Å². The van der Waals surface area contributed by atoms with Crippen molar-refractivity contribution in [2.75, 3.05) is 0 Å². The van der Waals surface area contributed by atoms with Crippen LogP contribution in [-0.4, -0.2) is 23.1 Å². The predicted octanol–water partition coefficient (Wildman–Crippen LogP) is -1.07. The summed E-state index contributed by atoms with van der Waals surface area (Å²) < 4.78 is 0. The van der Waals surface area contributed by atoms with Crippen molar-refractivity contribution < 1.29 is 24.5 Å². The number of carbonyl (C=O) groups excluding carboxylic acids is 1. The highest BCUT2D eigenvalue weighted by atomic mass is 17.4. The summed E-state index contributed by atoms with van der Waals surface area (Å²) >= 11 is 0. The van der Waals surface area contributed by atoms with Crippen molar-refractivity contribution in [2.24, 2.45) is 0 Å². The Bertz CT molecular complexity index is 135. The smallest absolute Gasteiger partial charge is 0.377 e. The molecular formula is C3H2O5.